The lowest BCUT2D eigenvalue weighted by molar-refractivity contribution is -0.592. The second-order valence-electron chi connectivity index (χ2n) is 10.0. The Bertz CT molecular complexity index is 674. The summed E-state index contributed by atoms with van der Waals surface area (Å²) < 4.78 is 60.8. The molecule has 5 saturated heterocycles. The van der Waals surface area contributed by atoms with Gasteiger partial charge in [0.05, 0.1) is 6.61 Å². The lowest BCUT2D eigenvalue weighted by Gasteiger charge is -2.60. The van der Waals surface area contributed by atoms with Crippen molar-refractivity contribution in [2.75, 3.05) is 39.3 Å². The van der Waals surface area contributed by atoms with Crippen molar-refractivity contribution >= 4 is 0 Å². The second kappa shape index (κ2) is 7.78. The number of hydrogen-bond acceptors (Lipinski definition) is 7. The molecule has 7 atom stereocenters. The molecule has 2 bridgehead atoms. The minimum absolute atomic E-state index is 0.0210. The van der Waals surface area contributed by atoms with Crippen LogP contribution in [0.15, 0.2) is 0 Å². The first-order valence-electron chi connectivity index (χ1n) is 11.5. The van der Waals surface area contributed by atoms with Crippen molar-refractivity contribution in [3.8, 4) is 0 Å². The molecule has 2 unspecified atom stereocenters. The van der Waals surface area contributed by atoms with Crippen LogP contribution in [0.25, 0.3) is 0 Å². The molecule has 10 heteroatoms. The lowest BCUT2D eigenvalue weighted by atomic mass is 9.59. The van der Waals surface area contributed by atoms with E-state index in [-0.39, 0.29) is 18.9 Å². The molecule has 1 saturated carbocycles. The number of nitrogens with one attached hydrogen (secondary N) is 1. The maximum absolute atomic E-state index is 14.5. The number of alkyl halides is 3. The van der Waals surface area contributed by atoms with Crippen LogP contribution in [0.5, 0.6) is 0 Å². The Kier molecular flexibility index (Phi) is 5.60. The van der Waals surface area contributed by atoms with Gasteiger partial charge in [-0.25, -0.2) is 9.78 Å². The van der Waals surface area contributed by atoms with Crippen LogP contribution in [0.1, 0.15) is 46.0 Å². The maximum Gasteiger partial charge on any atom is 0.443 e. The van der Waals surface area contributed by atoms with Gasteiger partial charge >= 0.3 is 6.18 Å². The molecule has 0 aromatic rings. The summed E-state index contributed by atoms with van der Waals surface area (Å²) in [4.78, 5) is 13.7. The van der Waals surface area contributed by atoms with E-state index < -0.39 is 35.6 Å². The zero-order valence-electron chi connectivity index (χ0n) is 18.2. The van der Waals surface area contributed by atoms with E-state index in [2.05, 4.69) is 17.1 Å². The Labute approximate surface area is 180 Å². The highest BCUT2D eigenvalue weighted by atomic mass is 19.4. The van der Waals surface area contributed by atoms with Crippen molar-refractivity contribution in [3.63, 3.8) is 0 Å². The molecule has 6 rings (SSSR count). The van der Waals surface area contributed by atoms with Gasteiger partial charge in [0.2, 0.25) is 5.79 Å². The van der Waals surface area contributed by atoms with E-state index in [1.165, 1.54) is 0 Å². The third-order valence-electron chi connectivity index (χ3n) is 8.07. The lowest BCUT2D eigenvalue weighted by Crippen LogP contribution is -2.73. The second-order valence-corrected chi connectivity index (χ2v) is 10.0. The van der Waals surface area contributed by atoms with Crippen LogP contribution in [-0.2, 0) is 24.0 Å². The highest BCUT2D eigenvalue weighted by Crippen LogP contribution is 2.62. The smallest absolute Gasteiger partial charge is 0.341 e. The molecule has 0 radical (unpaired) electrons. The van der Waals surface area contributed by atoms with E-state index in [0.29, 0.717) is 25.3 Å². The van der Waals surface area contributed by atoms with Crippen LogP contribution < -0.4 is 5.32 Å². The molecule has 5 heterocycles. The molecule has 7 nitrogen and oxygen atoms in total. The molecule has 0 amide bonds. The molecule has 1 N–H and O–H groups in total. The molecular weight excluding hydrogens is 417 g/mol. The summed E-state index contributed by atoms with van der Waals surface area (Å²) in [5.74, 6) is -3.92. The van der Waals surface area contributed by atoms with Crippen LogP contribution in [0.2, 0.25) is 0 Å². The molecule has 5 aliphatic heterocycles. The summed E-state index contributed by atoms with van der Waals surface area (Å²) >= 11 is 0. The van der Waals surface area contributed by atoms with Crippen molar-refractivity contribution in [2.24, 2.45) is 17.8 Å². The first-order valence-corrected chi connectivity index (χ1v) is 11.5. The number of halogens is 3. The Balaban J connectivity index is 1.41. The van der Waals surface area contributed by atoms with E-state index in [4.69, 9.17) is 24.0 Å². The topological polar surface area (TPSA) is 61.4 Å². The highest BCUT2D eigenvalue weighted by Gasteiger charge is 2.74. The van der Waals surface area contributed by atoms with Gasteiger partial charge in [0.1, 0.15) is 0 Å². The summed E-state index contributed by atoms with van der Waals surface area (Å²) in [5.41, 5.74) is -1.02. The van der Waals surface area contributed by atoms with Gasteiger partial charge < -0.3 is 19.5 Å². The first-order chi connectivity index (χ1) is 14.7. The third kappa shape index (κ3) is 3.62. The van der Waals surface area contributed by atoms with Crippen LogP contribution in [0, 0.1) is 17.8 Å². The summed E-state index contributed by atoms with van der Waals surface area (Å²) in [6.07, 6.45) is -3.40. The van der Waals surface area contributed by atoms with Crippen molar-refractivity contribution < 1.29 is 37.2 Å². The largest absolute Gasteiger partial charge is 0.443 e. The fourth-order valence-corrected chi connectivity index (χ4v) is 6.26. The number of rotatable bonds is 4. The van der Waals surface area contributed by atoms with E-state index in [9.17, 15) is 13.2 Å². The van der Waals surface area contributed by atoms with Crippen molar-refractivity contribution in [1.82, 2.24) is 10.2 Å². The van der Waals surface area contributed by atoms with Crippen LogP contribution in [-0.4, -0.2) is 73.9 Å². The SMILES string of the molecule is C[C@@H]1CC[C@H]2C[C@](OCCN3CCNCC3)(C(F)(F)F)OC3O[C@]4(C)CCC1[C@]32OO4. The number of ether oxygens (including phenoxy) is 3. The van der Waals surface area contributed by atoms with Crippen LogP contribution >= 0.6 is 0 Å². The Morgan fingerprint density at radius 1 is 1.10 bits per heavy atom. The quantitative estimate of drug-likeness (QED) is 0.661. The van der Waals surface area contributed by atoms with Gasteiger partial charge in [-0.2, -0.15) is 13.2 Å². The standard InChI is InChI=1S/C21H33F3N2O5/c1-14-3-4-15-13-19(21(22,23)24,27-12-11-26-9-7-25-8-10-26)29-17-20(15)16(14)5-6-18(2,28-17)30-31-20/h14-17,25H,3-13H2,1-2H3/t14-,15+,16?,17?,18+,19-,20+/m1/s1. The van der Waals surface area contributed by atoms with E-state index in [1.54, 1.807) is 6.92 Å². The molecule has 178 valence electrons. The zero-order valence-corrected chi connectivity index (χ0v) is 18.2. The summed E-state index contributed by atoms with van der Waals surface area (Å²) in [6, 6.07) is 0. The average molecular weight is 450 g/mol. The van der Waals surface area contributed by atoms with Gasteiger partial charge in [0, 0.05) is 51.5 Å². The Morgan fingerprint density at radius 2 is 1.87 bits per heavy atom. The predicted molar refractivity (Wildman–Crippen MR) is 103 cm³/mol. The predicted octanol–water partition coefficient (Wildman–Crippen LogP) is 2.80. The van der Waals surface area contributed by atoms with Gasteiger partial charge in [-0.05, 0) is 38.0 Å². The van der Waals surface area contributed by atoms with Gasteiger partial charge in [-0.3, -0.25) is 4.90 Å². The Hall–Kier alpha value is -0.490. The van der Waals surface area contributed by atoms with Gasteiger partial charge in [-0.15, -0.1) is 0 Å². The summed E-state index contributed by atoms with van der Waals surface area (Å²) in [6.45, 7) is 7.46. The zero-order chi connectivity index (χ0) is 21.9. The molecule has 6 aliphatic rings. The monoisotopic (exact) mass is 450 g/mol. The van der Waals surface area contributed by atoms with Crippen molar-refractivity contribution in [2.45, 2.75) is 75.6 Å². The number of hydrogen-bond donors (Lipinski definition) is 1. The van der Waals surface area contributed by atoms with E-state index >= 15 is 0 Å². The third-order valence-corrected chi connectivity index (χ3v) is 8.07. The van der Waals surface area contributed by atoms with Crippen LogP contribution in [0.4, 0.5) is 13.2 Å². The molecule has 1 spiro atoms. The molecule has 0 aromatic heterocycles. The van der Waals surface area contributed by atoms with E-state index in [1.807, 2.05) is 0 Å². The van der Waals surface area contributed by atoms with Crippen LogP contribution in [0.3, 0.4) is 0 Å². The number of fused-ring (bicyclic) bond motifs is 2. The van der Waals surface area contributed by atoms with Crippen molar-refractivity contribution in [1.29, 1.82) is 0 Å². The average Bonchev–Trinajstić information content (AvgIpc) is 2.95. The summed E-state index contributed by atoms with van der Waals surface area (Å²) in [7, 11) is 0. The Morgan fingerprint density at radius 3 is 2.61 bits per heavy atom. The van der Waals surface area contributed by atoms with Gasteiger partial charge in [0.25, 0.3) is 5.79 Å². The minimum Gasteiger partial charge on any atom is -0.341 e. The van der Waals surface area contributed by atoms with Crippen molar-refractivity contribution in [3.05, 3.63) is 0 Å². The fraction of sp³-hybridized carbons (Fsp3) is 1.00. The fourth-order valence-electron chi connectivity index (χ4n) is 6.26. The molecule has 6 fully saturated rings. The first kappa shape index (κ1) is 22.3. The van der Waals surface area contributed by atoms with E-state index in [0.717, 1.165) is 39.0 Å². The van der Waals surface area contributed by atoms with Gasteiger partial charge in [0.15, 0.2) is 11.9 Å². The highest BCUT2D eigenvalue weighted by molar-refractivity contribution is 5.10. The number of piperazine rings is 1. The normalized spacial score (nSPS) is 48.3. The minimum atomic E-state index is -4.69. The van der Waals surface area contributed by atoms with Gasteiger partial charge in [-0.1, -0.05) is 6.92 Å². The molecule has 0 aromatic carbocycles. The maximum atomic E-state index is 14.5. The number of nitrogens with zero attached hydrogens (tertiary/aromatic N) is 1. The molecule has 31 heavy (non-hydrogen) atoms. The molecular formula is C21H33F3N2O5. The molecule has 1 aliphatic carbocycles. The summed E-state index contributed by atoms with van der Waals surface area (Å²) in [5, 5.41) is 3.24.